The summed E-state index contributed by atoms with van der Waals surface area (Å²) in [5.74, 6) is 0.0423. The smallest absolute Gasteiger partial charge is 0.238 e. The second-order valence-corrected chi connectivity index (χ2v) is 6.53. The van der Waals surface area contributed by atoms with E-state index in [0.29, 0.717) is 18.0 Å². The van der Waals surface area contributed by atoms with Crippen LogP contribution in [0.4, 0.5) is 5.69 Å². The zero-order valence-corrected chi connectivity index (χ0v) is 12.8. The largest absolute Gasteiger partial charge is 0.325 e. The molecular weight excluding hydrogens is 248 g/mol. The molecule has 1 aromatic carbocycles. The van der Waals surface area contributed by atoms with Crippen LogP contribution in [0.5, 0.6) is 0 Å². The molecule has 1 fully saturated rings. The molecule has 1 saturated carbocycles. The number of hydrogen-bond acceptors (Lipinski definition) is 2. The van der Waals surface area contributed by atoms with Crippen molar-refractivity contribution < 1.29 is 4.79 Å². The van der Waals surface area contributed by atoms with Gasteiger partial charge in [0, 0.05) is 11.7 Å². The summed E-state index contributed by atoms with van der Waals surface area (Å²) in [6.07, 6.45) is 4.98. The van der Waals surface area contributed by atoms with Crippen LogP contribution < -0.4 is 10.6 Å². The van der Waals surface area contributed by atoms with Crippen LogP contribution in [0.15, 0.2) is 24.3 Å². The van der Waals surface area contributed by atoms with Gasteiger partial charge in [-0.05, 0) is 36.8 Å². The van der Waals surface area contributed by atoms with Gasteiger partial charge in [0.15, 0.2) is 0 Å². The Kier molecular flexibility index (Phi) is 4.81. The van der Waals surface area contributed by atoms with Crippen molar-refractivity contribution in [2.45, 2.75) is 52.5 Å². The molecule has 2 N–H and O–H groups in total. The molecule has 0 spiro atoms. The maximum absolute atomic E-state index is 12.0. The summed E-state index contributed by atoms with van der Waals surface area (Å²) < 4.78 is 0. The number of carbonyl (C=O) groups is 1. The second-order valence-electron chi connectivity index (χ2n) is 6.53. The van der Waals surface area contributed by atoms with E-state index in [1.165, 1.54) is 25.7 Å². The Balaban J connectivity index is 1.85. The van der Waals surface area contributed by atoms with E-state index < -0.39 is 0 Å². The molecule has 0 aromatic heterocycles. The molecule has 3 heteroatoms. The van der Waals surface area contributed by atoms with Gasteiger partial charge >= 0.3 is 0 Å². The monoisotopic (exact) mass is 274 g/mol. The molecular formula is C17H26N2O. The van der Waals surface area contributed by atoms with Crippen LogP contribution in [-0.4, -0.2) is 18.5 Å². The number of benzene rings is 1. The van der Waals surface area contributed by atoms with Gasteiger partial charge in [0.2, 0.25) is 5.91 Å². The molecule has 1 unspecified atom stereocenters. The molecule has 0 heterocycles. The average Bonchev–Trinajstić information content (AvgIpc) is 2.40. The van der Waals surface area contributed by atoms with Crippen LogP contribution in [0.1, 0.15) is 45.1 Å². The van der Waals surface area contributed by atoms with Gasteiger partial charge in [-0.25, -0.2) is 0 Å². The highest BCUT2D eigenvalue weighted by Gasteiger charge is 2.31. The van der Waals surface area contributed by atoms with Crippen molar-refractivity contribution in [3.8, 4) is 0 Å². The summed E-state index contributed by atoms with van der Waals surface area (Å²) in [6, 6.07) is 8.32. The number of carbonyl (C=O) groups excluding carboxylic acids is 1. The van der Waals surface area contributed by atoms with E-state index in [1.807, 2.05) is 31.2 Å². The minimum absolute atomic E-state index is 0.0423. The first-order valence-corrected chi connectivity index (χ1v) is 7.58. The lowest BCUT2D eigenvalue weighted by Crippen LogP contribution is -2.46. The Morgan fingerprint density at radius 3 is 2.75 bits per heavy atom. The van der Waals surface area contributed by atoms with E-state index in [-0.39, 0.29) is 5.91 Å². The van der Waals surface area contributed by atoms with Crippen molar-refractivity contribution in [3.63, 3.8) is 0 Å². The molecule has 3 nitrogen and oxygen atoms in total. The number of anilines is 1. The zero-order chi connectivity index (χ0) is 14.6. The van der Waals surface area contributed by atoms with Crippen LogP contribution >= 0.6 is 0 Å². The average molecular weight is 274 g/mol. The van der Waals surface area contributed by atoms with E-state index in [2.05, 4.69) is 24.5 Å². The third-order valence-corrected chi connectivity index (χ3v) is 4.44. The van der Waals surface area contributed by atoms with Crippen molar-refractivity contribution in [3.05, 3.63) is 29.8 Å². The molecule has 1 atom stereocenters. The maximum Gasteiger partial charge on any atom is 0.238 e. The van der Waals surface area contributed by atoms with E-state index in [9.17, 15) is 4.79 Å². The first-order valence-electron chi connectivity index (χ1n) is 7.58. The molecule has 1 amide bonds. The van der Waals surface area contributed by atoms with Crippen molar-refractivity contribution in [1.82, 2.24) is 5.32 Å². The lowest BCUT2D eigenvalue weighted by atomic mass is 9.73. The minimum atomic E-state index is 0.0423. The van der Waals surface area contributed by atoms with E-state index in [4.69, 9.17) is 0 Å². The Hall–Kier alpha value is -1.35. The first-order chi connectivity index (χ1) is 9.49. The summed E-state index contributed by atoms with van der Waals surface area (Å²) >= 11 is 0. The van der Waals surface area contributed by atoms with Crippen molar-refractivity contribution >= 4 is 11.6 Å². The molecule has 1 aromatic rings. The van der Waals surface area contributed by atoms with Gasteiger partial charge in [-0.2, -0.15) is 0 Å². The summed E-state index contributed by atoms with van der Waals surface area (Å²) in [5.41, 5.74) is 2.29. The fourth-order valence-corrected chi connectivity index (χ4v) is 3.00. The standard InChI is InChI=1S/C17H26N2O/c1-13-8-4-5-9-14(13)19-16(20)12-18-15-10-6-7-11-17(15,2)3/h4-5,8-9,15,18H,6-7,10-12H2,1-3H3,(H,19,20). The maximum atomic E-state index is 12.0. The number of amides is 1. The molecule has 1 aliphatic carbocycles. The van der Waals surface area contributed by atoms with E-state index >= 15 is 0 Å². The molecule has 0 saturated heterocycles. The minimum Gasteiger partial charge on any atom is -0.325 e. The van der Waals surface area contributed by atoms with Crippen LogP contribution in [0.3, 0.4) is 0 Å². The number of nitrogens with one attached hydrogen (secondary N) is 2. The Morgan fingerprint density at radius 2 is 2.05 bits per heavy atom. The number of para-hydroxylation sites is 1. The lowest BCUT2D eigenvalue weighted by molar-refractivity contribution is -0.115. The van der Waals surface area contributed by atoms with Crippen molar-refractivity contribution in [1.29, 1.82) is 0 Å². The van der Waals surface area contributed by atoms with E-state index in [0.717, 1.165) is 11.3 Å². The van der Waals surface area contributed by atoms with Crippen LogP contribution in [0.2, 0.25) is 0 Å². The molecule has 20 heavy (non-hydrogen) atoms. The molecule has 110 valence electrons. The fraction of sp³-hybridized carbons (Fsp3) is 0.588. The first kappa shape index (κ1) is 15.0. The molecule has 0 bridgehead atoms. The van der Waals surface area contributed by atoms with Gasteiger partial charge in [0.1, 0.15) is 0 Å². The third kappa shape index (κ3) is 3.83. The second kappa shape index (κ2) is 6.40. The van der Waals surface area contributed by atoms with Crippen LogP contribution in [0, 0.1) is 12.3 Å². The fourth-order valence-electron chi connectivity index (χ4n) is 3.00. The lowest BCUT2D eigenvalue weighted by Gasteiger charge is -2.39. The number of aryl methyl sites for hydroxylation is 1. The predicted octanol–water partition coefficient (Wildman–Crippen LogP) is 3.49. The van der Waals surface area contributed by atoms with Crippen LogP contribution in [-0.2, 0) is 4.79 Å². The highest BCUT2D eigenvalue weighted by atomic mass is 16.1. The van der Waals surface area contributed by atoms with Gasteiger partial charge < -0.3 is 10.6 Å². The topological polar surface area (TPSA) is 41.1 Å². The Labute approximate surface area is 122 Å². The quantitative estimate of drug-likeness (QED) is 0.882. The molecule has 2 rings (SSSR count). The third-order valence-electron chi connectivity index (χ3n) is 4.44. The zero-order valence-electron chi connectivity index (χ0n) is 12.8. The number of rotatable bonds is 4. The molecule has 0 radical (unpaired) electrons. The summed E-state index contributed by atoms with van der Waals surface area (Å²) in [7, 11) is 0. The SMILES string of the molecule is Cc1ccccc1NC(=O)CNC1CCCCC1(C)C. The Bertz CT molecular complexity index is 468. The Morgan fingerprint density at radius 1 is 1.30 bits per heavy atom. The molecule has 1 aliphatic rings. The summed E-state index contributed by atoms with van der Waals surface area (Å²) in [5, 5.41) is 6.41. The van der Waals surface area contributed by atoms with Crippen molar-refractivity contribution in [2.24, 2.45) is 5.41 Å². The highest BCUT2D eigenvalue weighted by Crippen LogP contribution is 2.35. The van der Waals surface area contributed by atoms with Gasteiger partial charge in [0.05, 0.1) is 6.54 Å². The number of hydrogen-bond donors (Lipinski definition) is 2. The van der Waals surface area contributed by atoms with Gasteiger partial charge in [0.25, 0.3) is 0 Å². The summed E-state index contributed by atoms with van der Waals surface area (Å²) in [4.78, 5) is 12.0. The van der Waals surface area contributed by atoms with E-state index in [1.54, 1.807) is 0 Å². The normalized spacial score (nSPS) is 21.4. The predicted molar refractivity (Wildman–Crippen MR) is 83.8 cm³/mol. The van der Waals surface area contributed by atoms with Gasteiger partial charge in [-0.1, -0.05) is 44.9 Å². The van der Waals surface area contributed by atoms with Crippen molar-refractivity contribution in [2.75, 3.05) is 11.9 Å². The van der Waals surface area contributed by atoms with Crippen LogP contribution in [0.25, 0.3) is 0 Å². The molecule has 0 aliphatic heterocycles. The summed E-state index contributed by atoms with van der Waals surface area (Å²) in [6.45, 7) is 6.99. The van der Waals surface area contributed by atoms with Gasteiger partial charge in [-0.15, -0.1) is 0 Å². The van der Waals surface area contributed by atoms with Gasteiger partial charge in [-0.3, -0.25) is 4.79 Å². The highest BCUT2D eigenvalue weighted by molar-refractivity contribution is 5.92.